The zero-order valence-corrected chi connectivity index (χ0v) is 11.4. The maximum Gasteiger partial charge on any atom is 0.0798 e. The Morgan fingerprint density at radius 2 is 2.31 bits per heavy atom. The van der Waals surface area contributed by atoms with Gasteiger partial charge in [-0.2, -0.15) is 0 Å². The molecular weight excluding hydrogens is 220 g/mol. The van der Waals surface area contributed by atoms with Gasteiger partial charge in [0.25, 0.3) is 0 Å². The summed E-state index contributed by atoms with van der Waals surface area (Å²) in [6.45, 7) is 8.73. The Bertz CT molecular complexity index is 323. The number of hydrogen-bond acceptors (Lipinski definition) is 4. The second-order valence-corrected chi connectivity index (χ2v) is 5.54. The van der Waals surface area contributed by atoms with Gasteiger partial charge in [0.15, 0.2) is 0 Å². The van der Waals surface area contributed by atoms with Crippen LogP contribution in [0.15, 0.2) is 5.51 Å². The normalized spacial score (nSPS) is 17.1. The van der Waals surface area contributed by atoms with E-state index >= 15 is 0 Å². The lowest BCUT2D eigenvalue weighted by molar-refractivity contribution is 0.0477. The Morgan fingerprint density at radius 1 is 1.62 bits per heavy atom. The van der Waals surface area contributed by atoms with E-state index in [-0.39, 0.29) is 6.04 Å². The third-order valence-electron chi connectivity index (χ3n) is 2.75. The number of aliphatic hydroxyl groups is 1. The van der Waals surface area contributed by atoms with Crippen molar-refractivity contribution < 1.29 is 5.11 Å². The van der Waals surface area contributed by atoms with Crippen molar-refractivity contribution in [2.75, 3.05) is 6.54 Å². The van der Waals surface area contributed by atoms with Crippen LogP contribution in [0, 0.1) is 6.92 Å². The zero-order valence-electron chi connectivity index (χ0n) is 10.6. The molecule has 0 saturated heterocycles. The molecule has 92 valence electrons. The fourth-order valence-electron chi connectivity index (χ4n) is 1.82. The maximum absolute atomic E-state index is 10.1. The van der Waals surface area contributed by atoms with Crippen molar-refractivity contribution >= 4 is 11.3 Å². The van der Waals surface area contributed by atoms with Crippen LogP contribution in [-0.2, 0) is 0 Å². The molecule has 0 aliphatic rings. The Labute approximate surface area is 102 Å². The number of nitrogens with zero attached hydrogens (tertiary/aromatic N) is 1. The molecular formula is C12H22N2OS. The van der Waals surface area contributed by atoms with Gasteiger partial charge in [0.05, 0.1) is 16.8 Å². The molecule has 0 saturated carbocycles. The van der Waals surface area contributed by atoms with Crippen molar-refractivity contribution in [2.45, 2.75) is 52.2 Å². The Kier molecular flexibility index (Phi) is 4.89. The Hall–Kier alpha value is -0.450. The molecule has 1 heterocycles. The average Bonchev–Trinajstić information content (AvgIpc) is 2.61. The molecule has 0 fully saturated rings. The molecule has 16 heavy (non-hydrogen) atoms. The quantitative estimate of drug-likeness (QED) is 0.806. The van der Waals surface area contributed by atoms with E-state index in [1.165, 1.54) is 4.88 Å². The van der Waals surface area contributed by atoms with Gasteiger partial charge in [-0.25, -0.2) is 4.98 Å². The highest BCUT2D eigenvalue weighted by molar-refractivity contribution is 7.09. The van der Waals surface area contributed by atoms with Crippen LogP contribution in [0.5, 0.6) is 0 Å². The minimum absolute atomic E-state index is 0.260. The smallest absolute Gasteiger partial charge is 0.0798 e. The summed E-state index contributed by atoms with van der Waals surface area (Å²) in [7, 11) is 0. The van der Waals surface area contributed by atoms with Gasteiger partial charge in [-0.1, -0.05) is 13.3 Å². The number of nitrogens with one attached hydrogen (secondary N) is 1. The molecule has 0 amide bonds. The van der Waals surface area contributed by atoms with Gasteiger partial charge in [0, 0.05) is 17.5 Å². The predicted octanol–water partition coefficient (Wildman–Crippen LogP) is 2.65. The molecule has 1 aromatic heterocycles. The molecule has 0 aliphatic heterocycles. The van der Waals surface area contributed by atoms with Crippen LogP contribution in [0.1, 0.15) is 50.2 Å². The van der Waals surface area contributed by atoms with Crippen molar-refractivity contribution in [3.63, 3.8) is 0 Å². The van der Waals surface area contributed by atoms with Crippen LogP contribution < -0.4 is 5.32 Å². The SMILES string of the molecule is CCCC(C)(O)CNC(C)c1scnc1C. The molecule has 0 spiro atoms. The summed E-state index contributed by atoms with van der Waals surface area (Å²) in [5.41, 5.74) is 2.34. The van der Waals surface area contributed by atoms with E-state index < -0.39 is 5.60 Å². The van der Waals surface area contributed by atoms with E-state index in [4.69, 9.17) is 0 Å². The molecule has 4 heteroatoms. The van der Waals surface area contributed by atoms with Crippen molar-refractivity contribution in [3.05, 3.63) is 16.1 Å². The Balaban J connectivity index is 2.47. The maximum atomic E-state index is 10.1. The molecule has 2 atom stereocenters. The second kappa shape index (κ2) is 5.75. The first-order chi connectivity index (χ1) is 7.46. The summed E-state index contributed by atoms with van der Waals surface area (Å²) >= 11 is 1.67. The Morgan fingerprint density at radius 3 is 2.81 bits per heavy atom. The van der Waals surface area contributed by atoms with Crippen molar-refractivity contribution in [1.29, 1.82) is 0 Å². The summed E-state index contributed by atoms with van der Waals surface area (Å²) in [5, 5.41) is 13.4. The van der Waals surface area contributed by atoms with E-state index in [1.807, 2.05) is 19.4 Å². The topological polar surface area (TPSA) is 45.1 Å². The first-order valence-electron chi connectivity index (χ1n) is 5.82. The fourth-order valence-corrected chi connectivity index (χ4v) is 2.65. The molecule has 2 unspecified atom stereocenters. The third kappa shape index (κ3) is 3.85. The first kappa shape index (κ1) is 13.6. The molecule has 3 nitrogen and oxygen atoms in total. The number of aryl methyl sites for hydroxylation is 1. The van der Waals surface area contributed by atoms with Gasteiger partial charge in [-0.05, 0) is 27.2 Å². The molecule has 0 aromatic carbocycles. The standard InChI is InChI=1S/C12H22N2OS/c1-5-6-12(4,15)7-13-9(2)11-10(3)14-8-16-11/h8-9,13,15H,5-7H2,1-4H3. The molecule has 2 N–H and O–H groups in total. The molecule has 1 aromatic rings. The number of aromatic nitrogens is 1. The summed E-state index contributed by atoms with van der Waals surface area (Å²) in [6, 6.07) is 0.260. The van der Waals surface area contributed by atoms with Crippen molar-refractivity contribution in [3.8, 4) is 0 Å². The van der Waals surface area contributed by atoms with Crippen LogP contribution in [0.4, 0.5) is 0 Å². The van der Waals surface area contributed by atoms with E-state index in [0.717, 1.165) is 18.5 Å². The van der Waals surface area contributed by atoms with Crippen molar-refractivity contribution in [1.82, 2.24) is 10.3 Å². The van der Waals surface area contributed by atoms with E-state index in [9.17, 15) is 5.11 Å². The van der Waals surface area contributed by atoms with Gasteiger partial charge in [-0.3, -0.25) is 0 Å². The third-order valence-corrected chi connectivity index (χ3v) is 3.87. The average molecular weight is 242 g/mol. The van der Waals surface area contributed by atoms with Gasteiger partial charge >= 0.3 is 0 Å². The molecule has 0 bridgehead atoms. The van der Waals surface area contributed by atoms with E-state index in [1.54, 1.807) is 11.3 Å². The largest absolute Gasteiger partial charge is 0.389 e. The minimum Gasteiger partial charge on any atom is -0.389 e. The molecule has 0 aliphatic carbocycles. The number of hydrogen-bond donors (Lipinski definition) is 2. The lowest BCUT2D eigenvalue weighted by Crippen LogP contribution is -2.38. The monoisotopic (exact) mass is 242 g/mol. The van der Waals surface area contributed by atoms with Gasteiger partial charge < -0.3 is 10.4 Å². The number of rotatable bonds is 6. The summed E-state index contributed by atoms with van der Waals surface area (Å²) < 4.78 is 0. The van der Waals surface area contributed by atoms with Gasteiger partial charge in [-0.15, -0.1) is 11.3 Å². The van der Waals surface area contributed by atoms with Gasteiger partial charge in [0.2, 0.25) is 0 Å². The lowest BCUT2D eigenvalue weighted by Gasteiger charge is -2.25. The zero-order chi connectivity index (χ0) is 12.2. The minimum atomic E-state index is -0.610. The first-order valence-corrected chi connectivity index (χ1v) is 6.70. The van der Waals surface area contributed by atoms with Crippen LogP contribution in [-0.4, -0.2) is 22.2 Å². The second-order valence-electron chi connectivity index (χ2n) is 4.65. The van der Waals surface area contributed by atoms with E-state index in [2.05, 4.69) is 24.1 Å². The highest BCUT2D eigenvalue weighted by Gasteiger charge is 2.20. The van der Waals surface area contributed by atoms with Crippen molar-refractivity contribution in [2.24, 2.45) is 0 Å². The van der Waals surface area contributed by atoms with Gasteiger partial charge in [0.1, 0.15) is 0 Å². The van der Waals surface area contributed by atoms with Crippen LogP contribution in [0.3, 0.4) is 0 Å². The number of thiazole rings is 1. The summed E-state index contributed by atoms with van der Waals surface area (Å²) in [4.78, 5) is 5.49. The summed E-state index contributed by atoms with van der Waals surface area (Å²) in [6.07, 6.45) is 1.83. The van der Waals surface area contributed by atoms with Crippen LogP contribution >= 0.6 is 11.3 Å². The van der Waals surface area contributed by atoms with E-state index in [0.29, 0.717) is 6.54 Å². The fraction of sp³-hybridized carbons (Fsp3) is 0.750. The highest BCUT2D eigenvalue weighted by Crippen LogP contribution is 2.22. The lowest BCUT2D eigenvalue weighted by atomic mass is 10.0. The highest BCUT2D eigenvalue weighted by atomic mass is 32.1. The summed E-state index contributed by atoms with van der Waals surface area (Å²) in [5.74, 6) is 0. The van der Waals surface area contributed by atoms with Crippen LogP contribution in [0.25, 0.3) is 0 Å². The molecule has 1 rings (SSSR count). The predicted molar refractivity (Wildman–Crippen MR) is 68.8 cm³/mol. The van der Waals surface area contributed by atoms with Crippen LogP contribution in [0.2, 0.25) is 0 Å². The molecule has 0 radical (unpaired) electrons.